The van der Waals surface area contributed by atoms with E-state index in [4.69, 9.17) is 0 Å². The van der Waals surface area contributed by atoms with Gasteiger partial charge in [-0.15, -0.1) is 10.2 Å². The van der Waals surface area contributed by atoms with E-state index in [1.807, 2.05) is 18.9 Å². The Hall–Kier alpha value is -1.46. The highest BCUT2D eigenvalue weighted by atomic mass is 16.2. The number of aromatic amines is 1. The van der Waals surface area contributed by atoms with E-state index in [1.165, 1.54) is 0 Å². The zero-order valence-electron chi connectivity index (χ0n) is 12.2. The molecule has 2 rings (SSSR count). The zero-order chi connectivity index (χ0) is 14.0. The Morgan fingerprint density at radius 1 is 1.58 bits per heavy atom. The monoisotopic (exact) mass is 265 g/mol. The molecule has 1 saturated carbocycles. The second-order valence-corrected chi connectivity index (χ2v) is 6.32. The molecule has 1 fully saturated rings. The van der Waals surface area contributed by atoms with Crippen LogP contribution in [0.3, 0.4) is 0 Å². The van der Waals surface area contributed by atoms with Crippen LogP contribution in [0, 0.1) is 11.3 Å². The summed E-state index contributed by atoms with van der Waals surface area (Å²) >= 11 is 0. The number of aromatic nitrogens is 4. The Morgan fingerprint density at radius 2 is 2.32 bits per heavy atom. The fourth-order valence-electron chi connectivity index (χ4n) is 3.01. The highest BCUT2D eigenvalue weighted by Crippen LogP contribution is 2.43. The summed E-state index contributed by atoms with van der Waals surface area (Å²) in [6, 6.07) is 0. The van der Waals surface area contributed by atoms with Crippen molar-refractivity contribution in [3.8, 4) is 0 Å². The minimum Gasteiger partial charge on any atom is -0.345 e. The lowest BCUT2D eigenvalue weighted by molar-refractivity contribution is -0.137. The van der Waals surface area contributed by atoms with E-state index in [9.17, 15) is 4.79 Å². The maximum absolute atomic E-state index is 12.5. The molecule has 0 spiro atoms. The number of amides is 1. The molecule has 1 amide bonds. The number of nitrogens with zero attached hydrogens (tertiary/aromatic N) is 4. The summed E-state index contributed by atoms with van der Waals surface area (Å²) in [6.45, 7) is 7.03. The molecule has 0 aromatic carbocycles. The largest absolute Gasteiger partial charge is 0.345 e. The third-order valence-electron chi connectivity index (χ3n) is 4.28. The van der Waals surface area contributed by atoms with Crippen molar-refractivity contribution in [1.82, 2.24) is 25.5 Å². The molecule has 106 valence electrons. The van der Waals surface area contributed by atoms with E-state index >= 15 is 0 Å². The summed E-state index contributed by atoms with van der Waals surface area (Å²) in [4.78, 5) is 14.3. The number of carbonyl (C=O) groups is 1. The Balaban J connectivity index is 1.96. The molecule has 6 nitrogen and oxygen atoms in total. The van der Waals surface area contributed by atoms with Crippen LogP contribution in [0.15, 0.2) is 0 Å². The maximum atomic E-state index is 12.5. The molecule has 1 N–H and O–H groups in total. The van der Waals surface area contributed by atoms with Crippen LogP contribution in [0.1, 0.15) is 51.8 Å². The number of carbonyl (C=O) groups excluding carboxylic acids is 1. The molecular formula is C13H23N5O. The lowest BCUT2D eigenvalue weighted by Crippen LogP contribution is -2.39. The van der Waals surface area contributed by atoms with Gasteiger partial charge in [0, 0.05) is 25.4 Å². The molecule has 1 aliphatic rings. The third-order valence-corrected chi connectivity index (χ3v) is 4.28. The van der Waals surface area contributed by atoms with E-state index in [2.05, 4.69) is 34.5 Å². The molecule has 0 aliphatic heterocycles. The van der Waals surface area contributed by atoms with Crippen molar-refractivity contribution >= 4 is 5.91 Å². The molecule has 1 aliphatic carbocycles. The zero-order valence-corrected chi connectivity index (χ0v) is 12.2. The van der Waals surface area contributed by atoms with Gasteiger partial charge in [-0.2, -0.15) is 5.21 Å². The second kappa shape index (κ2) is 5.27. The first-order valence-corrected chi connectivity index (χ1v) is 6.90. The van der Waals surface area contributed by atoms with Gasteiger partial charge >= 0.3 is 0 Å². The van der Waals surface area contributed by atoms with Crippen molar-refractivity contribution in [1.29, 1.82) is 0 Å². The van der Waals surface area contributed by atoms with Crippen LogP contribution in [0.4, 0.5) is 0 Å². The summed E-state index contributed by atoms with van der Waals surface area (Å²) in [5, 5.41) is 13.9. The lowest BCUT2D eigenvalue weighted by atomic mass is 9.81. The Bertz CT molecular complexity index is 428. The van der Waals surface area contributed by atoms with Gasteiger partial charge in [0.15, 0.2) is 5.82 Å². The summed E-state index contributed by atoms with van der Waals surface area (Å²) in [5.41, 5.74) is 0.126. The fourth-order valence-corrected chi connectivity index (χ4v) is 3.01. The molecule has 2 atom stereocenters. The molecule has 1 aromatic rings. The van der Waals surface area contributed by atoms with Crippen molar-refractivity contribution in [2.45, 2.75) is 46.0 Å². The van der Waals surface area contributed by atoms with E-state index in [0.29, 0.717) is 12.4 Å². The van der Waals surface area contributed by atoms with Crippen molar-refractivity contribution < 1.29 is 4.79 Å². The van der Waals surface area contributed by atoms with Crippen molar-refractivity contribution in [2.24, 2.45) is 11.3 Å². The first kappa shape index (κ1) is 14.0. The van der Waals surface area contributed by atoms with Gasteiger partial charge in [0.2, 0.25) is 5.91 Å². The number of hydrogen-bond acceptors (Lipinski definition) is 4. The summed E-state index contributed by atoms with van der Waals surface area (Å²) < 4.78 is 0. The van der Waals surface area contributed by atoms with Gasteiger partial charge in [0.05, 0.1) is 0 Å². The van der Waals surface area contributed by atoms with Gasteiger partial charge < -0.3 is 4.90 Å². The van der Waals surface area contributed by atoms with E-state index in [1.54, 1.807) is 0 Å². The van der Waals surface area contributed by atoms with Crippen LogP contribution < -0.4 is 0 Å². The number of H-pyrrole nitrogens is 1. The van der Waals surface area contributed by atoms with Crippen molar-refractivity contribution in [3.05, 3.63) is 5.82 Å². The molecule has 0 saturated heterocycles. The lowest BCUT2D eigenvalue weighted by Gasteiger charge is -2.30. The quantitative estimate of drug-likeness (QED) is 0.897. The molecular weight excluding hydrogens is 242 g/mol. The normalized spacial score (nSPS) is 23.3. The molecule has 19 heavy (non-hydrogen) atoms. The van der Waals surface area contributed by atoms with E-state index in [-0.39, 0.29) is 23.2 Å². The van der Waals surface area contributed by atoms with E-state index in [0.717, 1.165) is 19.3 Å². The molecule has 1 aromatic heterocycles. The highest BCUT2D eigenvalue weighted by molar-refractivity contribution is 5.79. The Morgan fingerprint density at radius 3 is 2.84 bits per heavy atom. The Kier molecular flexibility index (Phi) is 3.87. The summed E-state index contributed by atoms with van der Waals surface area (Å²) in [5.74, 6) is 1.15. The van der Waals surface area contributed by atoms with Gasteiger partial charge in [0.25, 0.3) is 0 Å². The molecule has 0 bridgehead atoms. The first-order chi connectivity index (χ1) is 8.92. The van der Waals surface area contributed by atoms with Crippen LogP contribution in [0.2, 0.25) is 0 Å². The first-order valence-electron chi connectivity index (χ1n) is 6.90. The third kappa shape index (κ3) is 2.93. The summed E-state index contributed by atoms with van der Waals surface area (Å²) in [6.07, 6.45) is 3.29. The standard InChI is InChI=1S/C13H23N5O/c1-9(11-14-16-17-15-11)8-18(4)12(19)10-6-5-7-13(10,2)3/h9-10H,5-8H2,1-4H3,(H,14,15,16,17). The molecule has 1 heterocycles. The smallest absolute Gasteiger partial charge is 0.225 e. The predicted molar refractivity (Wildman–Crippen MR) is 71.4 cm³/mol. The summed E-state index contributed by atoms with van der Waals surface area (Å²) in [7, 11) is 1.87. The average Bonchev–Trinajstić information content (AvgIpc) is 2.96. The number of rotatable bonds is 4. The SMILES string of the molecule is CC(CN(C)C(=O)C1CCCC1(C)C)c1nn[nH]n1. The maximum Gasteiger partial charge on any atom is 0.225 e. The number of nitrogens with one attached hydrogen (secondary N) is 1. The number of tetrazole rings is 1. The van der Waals surface area contributed by atoms with Crippen LogP contribution in [0.5, 0.6) is 0 Å². The van der Waals surface area contributed by atoms with Gasteiger partial charge in [-0.25, -0.2) is 0 Å². The van der Waals surface area contributed by atoms with Crippen LogP contribution in [0.25, 0.3) is 0 Å². The van der Waals surface area contributed by atoms with Crippen LogP contribution in [-0.4, -0.2) is 45.0 Å². The minimum atomic E-state index is 0.0946. The topological polar surface area (TPSA) is 74.8 Å². The van der Waals surface area contributed by atoms with Crippen LogP contribution >= 0.6 is 0 Å². The van der Waals surface area contributed by atoms with Gasteiger partial charge in [-0.05, 0) is 18.3 Å². The number of hydrogen-bond donors (Lipinski definition) is 1. The highest BCUT2D eigenvalue weighted by Gasteiger charge is 2.40. The molecule has 6 heteroatoms. The Labute approximate surface area is 113 Å². The van der Waals surface area contributed by atoms with Gasteiger partial charge in [0.1, 0.15) is 0 Å². The minimum absolute atomic E-state index is 0.0946. The van der Waals surface area contributed by atoms with Crippen molar-refractivity contribution in [3.63, 3.8) is 0 Å². The van der Waals surface area contributed by atoms with E-state index < -0.39 is 0 Å². The fraction of sp³-hybridized carbons (Fsp3) is 0.846. The van der Waals surface area contributed by atoms with Gasteiger partial charge in [-0.3, -0.25) is 4.79 Å². The second-order valence-electron chi connectivity index (χ2n) is 6.32. The molecule has 2 unspecified atom stereocenters. The number of likely N-dealkylation sites (N-methyl/N-ethyl adjacent to an activating group) is 1. The predicted octanol–water partition coefficient (Wildman–Crippen LogP) is 1.59. The molecule has 0 radical (unpaired) electrons. The average molecular weight is 265 g/mol. The van der Waals surface area contributed by atoms with Crippen molar-refractivity contribution in [2.75, 3.05) is 13.6 Å². The van der Waals surface area contributed by atoms with Crippen LogP contribution in [-0.2, 0) is 4.79 Å². The van der Waals surface area contributed by atoms with Gasteiger partial charge in [-0.1, -0.05) is 32.4 Å².